The number of nitrogens with zero attached hydrogens (tertiary/aromatic N) is 1. The van der Waals surface area contributed by atoms with E-state index in [1.807, 2.05) is 17.5 Å². The van der Waals surface area contributed by atoms with Crippen molar-refractivity contribution in [1.82, 2.24) is 4.98 Å². The number of hydrogen-bond donors (Lipinski definition) is 1. The van der Waals surface area contributed by atoms with E-state index >= 15 is 0 Å². The largest absolute Gasteiger partial charge is 0.416 e. The first-order valence-electron chi connectivity index (χ1n) is 6.84. The molecule has 0 atom stereocenters. The molecule has 8 heteroatoms. The van der Waals surface area contributed by atoms with Gasteiger partial charge in [0.1, 0.15) is 9.88 Å². The van der Waals surface area contributed by atoms with Crippen molar-refractivity contribution in [3.05, 3.63) is 57.9 Å². The second-order valence-corrected chi connectivity index (χ2v) is 6.89. The molecule has 2 heterocycles. The van der Waals surface area contributed by atoms with Gasteiger partial charge in [0.05, 0.1) is 16.1 Å². The molecule has 2 aromatic heterocycles. The topological polar surface area (TPSA) is 42.0 Å². The third kappa shape index (κ3) is 3.49. The second-order valence-electron chi connectivity index (χ2n) is 4.94. The van der Waals surface area contributed by atoms with Gasteiger partial charge in [0.25, 0.3) is 5.91 Å². The number of aromatic nitrogens is 1. The number of rotatable bonds is 3. The highest BCUT2D eigenvalue weighted by Gasteiger charge is 2.30. The number of hydrogen-bond acceptors (Lipinski definition) is 4. The van der Waals surface area contributed by atoms with Crippen LogP contribution in [-0.2, 0) is 6.18 Å². The van der Waals surface area contributed by atoms with E-state index in [2.05, 4.69) is 10.3 Å². The molecule has 0 spiro atoms. The van der Waals surface area contributed by atoms with Crippen molar-refractivity contribution >= 4 is 34.3 Å². The monoisotopic (exact) mass is 368 g/mol. The molecule has 24 heavy (non-hydrogen) atoms. The molecule has 1 N–H and O–H groups in total. The Morgan fingerprint density at radius 2 is 2.00 bits per heavy atom. The minimum Gasteiger partial charge on any atom is -0.321 e. The molecule has 0 radical (unpaired) electrons. The lowest BCUT2D eigenvalue weighted by molar-refractivity contribution is -0.137. The van der Waals surface area contributed by atoms with Gasteiger partial charge in [0, 0.05) is 5.69 Å². The summed E-state index contributed by atoms with van der Waals surface area (Å²) in [5.41, 5.74) is -0.159. The number of anilines is 1. The Hall–Kier alpha value is -2.19. The first kappa shape index (κ1) is 16.7. The van der Waals surface area contributed by atoms with Crippen LogP contribution in [0.25, 0.3) is 9.88 Å². The van der Waals surface area contributed by atoms with Gasteiger partial charge in [-0.3, -0.25) is 4.79 Å². The van der Waals surface area contributed by atoms with Crippen LogP contribution in [0.4, 0.5) is 18.9 Å². The van der Waals surface area contributed by atoms with E-state index in [1.165, 1.54) is 34.8 Å². The summed E-state index contributed by atoms with van der Waals surface area (Å²) in [6, 6.07) is 8.34. The molecule has 0 bridgehead atoms. The number of thiazole rings is 1. The minimum absolute atomic E-state index is 0.0975. The van der Waals surface area contributed by atoms with Gasteiger partial charge in [-0.25, -0.2) is 4.98 Å². The van der Waals surface area contributed by atoms with Gasteiger partial charge >= 0.3 is 6.18 Å². The van der Waals surface area contributed by atoms with Crippen molar-refractivity contribution in [1.29, 1.82) is 0 Å². The first-order valence-corrected chi connectivity index (χ1v) is 8.54. The summed E-state index contributed by atoms with van der Waals surface area (Å²) < 4.78 is 38.2. The maximum atomic E-state index is 12.7. The Morgan fingerprint density at radius 3 is 2.67 bits per heavy atom. The number of carbonyl (C=O) groups is 1. The average Bonchev–Trinajstić information content (AvgIpc) is 3.15. The molecular formula is C16H11F3N2OS2. The number of thiophene rings is 1. The standard InChI is InChI=1S/C16H11F3N2OS2/c1-9-13(24-15(20-9)12-6-3-7-23-12)14(22)21-11-5-2-4-10(8-11)16(17,18)19/h2-8H,1H3,(H,21,22). The van der Waals surface area contributed by atoms with Crippen LogP contribution in [-0.4, -0.2) is 10.9 Å². The highest BCUT2D eigenvalue weighted by Crippen LogP contribution is 2.33. The number of alkyl halides is 3. The molecular weight excluding hydrogens is 357 g/mol. The van der Waals surface area contributed by atoms with Gasteiger partial charge in [0.15, 0.2) is 0 Å². The predicted octanol–water partition coefficient (Wildman–Crippen LogP) is 5.45. The number of benzene rings is 1. The fourth-order valence-electron chi connectivity index (χ4n) is 2.07. The van der Waals surface area contributed by atoms with E-state index < -0.39 is 17.6 Å². The van der Waals surface area contributed by atoms with Gasteiger partial charge in [0.2, 0.25) is 0 Å². The molecule has 1 amide bonds. The van der Waals surface area contributed by atoms with E-state index in [9.17, 15) is 18.0 Å². The van der Waals surface area contributed by atoms with Crippen LogP contribution in [0.15, 0.2) is 41.8 Å². The SMILES string of the molecule is Cc1nc(-c2cccs2)sc1C(=O)Nc1cccc(C(F)(F)F)c1. The van der Waals surface area contributed by atoms with Crippen molar-refractivity contribution in [2.45, 2.75) is 13.1 Å². The summed E-state index contributed by atoms with van der Waals surface area (Å²) in [5.74, 6) is -0.466. The molecule has 0 fully saturated rings. The van der Waals surface area contributed by atoms with Crippen LogP contribution in [0.5, 0.6) is 0 Å². The third-order valence-electron chi connectivity index (χ3n) is 3.18. The van der Waals surface area contributed by atoms with Gasteiger partial charge in [-0.1, -0.05) is 12.1 Å². The molecule has 3 rings (SSSR count). The van der Waals surface area contributed by atoms with Gasteiger partial charge in [-0.2, -0.15) is 13.2 Å². The molecule has 0 unspecified atom stereocenters. The zero-order valence-electron chi connectivity index (χ0n) is 12.3. The van der Waals surface area contributed by atoms with E-state index in [4.69, 9.17) is 0 Å². The van der Waals surface area contributed by atoms with Crippen LogP contribution in [0.3, 0.4) is 0 Å². The molecule has 0 aliphatic heterocycles. The van der Waals surface area contributed by atoms with Crippen molar-refractivity contribution < 1.29 is 18.0 Å². The zero-order valence-corrected chi connectivity index (χ0v) is 14.0. The van der Waals surface area contributed by atoms with Crippen LogP contribution >= 0.6 is 22.7 Å². The molecule has 0 aliphatic rings. The smallest absolute Gasteiger partial charge is 0.321 e. The Morgan fingerprint density at radius 1 is 1.21 bits per heavy atom. The Labute approximate surface area is 143 Å². The Kier molecular flexibility index (Phi) is 4.42. The summed E-state index contributed by atoms with van der Waals surface area (Å²) in [5, 5.41) is 5.14. The summed E-state index contributed by atoms with van der Waals surface area (Å²) in [7, 11) is 0. The normalized spacial score (nSPS) is 11.5. The lowest BCUT2D eigenvalue weighted by Gasteiger charge is -2.09. The van der Waals surface area contributed by atoms with Crippen LogP contribution in [0.1, 0.15) is 20.9 Å². The molecule has 0 saturated heterocycles. The molecule has 0 aliphatic carbocycles. The van der Waals surface area contributed by atoms with E-state index in [0.717, 1.165) is 22.0 Å². The number of carbonyl (C=O) groups excluding carboxylic acids is 1. The lowest BCUT2D eigenvalue weighted by atomic mass is 10.2. The fraction of sp³-hybridized carbons (Fsp3) is 0.125. The average molecular weight is 368 g/mol. The van der Waals surface area contributed by atoms with Gasteiger partial charge in [-0.05, 0) is 36.6 Å². The maximum Gasteiger partial charge on any atom is 0.416 e. The second kappa shape index (κ2) is 6.37. The van der Waals surface area contributed by atoms with E-state index in [0.29, 0.717) is 10.6 Å². The number of nitrogens with one attached hydrogen (secondary N) is 1. The summed E-state index contributed by atoms with van der Waals surface area (Å²) in [6.07, 6.45) is -4.45. The van der Waals surface area contributed by atoms with Crippen LogP contribution in [0, 0.1) is 6.92 Å². The van der Waals surface area contributed by atoms with Crippen molar-refractivity contribution in [3.8, 4) is 9.88 Å². The minimum atomic E-state index is -4.45. The maximum absolute atomic E-state index is 12.7. The van der Waals surface area contributed by atoms with E-state index in [-0.39, 0.29) is 5.69 Å². The predicted molar refractivity (Wildman–Crippen MR) is 89.6 cm³/mol. The van der Waals surface area contributed by atoms with Crippen molar-refractivity contribution in [2.24, 2.45) is 0 Å². The molecule has 124 valence electrons. The number of aryl methyl sites for hydroxylation is 1. The van der Waals surface area contributed by atoms with Crippen molar-refractivity contribution in [3.63, 3.8) is 0 Å². The molecule has 3 aromatic rings. The first-order chi connectivity index (χ1) is 11.3. The fourth-order valence-corrected chi connectivity index (χ4v) is 3.83. The van der Waals surface area contributed by atoms with Gasteiger partial charge < -0.3 is 5.32 Å². The summed E-state index contributed by atoms with van der Waals surface area (Å²) in [6.45, 7) is 1.70. The molecule has 0 saturated carbocycles. The Bertz CT molecular complexity index is 870. The highest BCUT2D eigenvalue weighted by atomic mass is 32.1. The Balaban J connectivity index is 1.83. The quantitative estimate of drug-likeness (QED) is 0.668. The zero-order chi connectivity index (χ0) is 17.3. The van der Waals surface area contributed by atoms with Crippen molar-refractivity contribution in [2.75, 3.05) is 5.32 Å². The molecule has 1 aromatic carbocycles. The summed E-state index contributed by atoms with van der Waals surface area (Å²) in [4.78, 5) is 18.1. The highest BCUT2D eigenvalue weighted by molar-refractivity contribution is 7.22. The lowest BCUT2D eigenvalue weighted by Crippen LogP contribution is -2.13. The number of halogens is 3. The molecule has 3 nitrogen and oxygen atoms in total. The number of amides is 1. The third-order valence-corrected chi connectivity index (χ3v) is 5.38. The van der Waals surface area contributed by atoms with Crippen LogP contribution in [0.2, 0.25) is 0 Å². The van der Waals surface area contributed by atoms with E-state index in [1.54, 1.807) is 6.92 Å². The van der Waals surface area contributed by atoms with Crippen LogP contribution < -0.4 is 5.32 Å². The summed E-state index contributed by atoms with van der Waals surface area (Å²) >= 11 is 2.73. The van der Waals surface area contributed by atoms with Gasteiger partial charge in [-0.15, -0.1) is 22.7 Å².